The normalized spacial score (nSPS) is 11.5. The van der Waals surface area contributed by atoms with E-state index in [1.54, 1.807) is 13.0 Å². The Labute approximate surface area is 106 Å². The lowest BCUT2D eigenvalue weighted by molar-refractivity contribution is 0.157. The topological polar surface area (TPSA) is 81.4 Å². The number of ether oxygens (including phenoxy) is 1. The molecule has 1 rings (SSSR count). The Morgan fingerprint density at radius 2 is 2.06 bits per heavy atom. The molecule has 0 radical (unpaired) electrons. The molecule has 0 bridgehead atoms. The van der Waals surface area contributed by atoms with Crippen molar-refractivity contribution < 1.29 is 17.5 Å². The van der Waals surface area contributed by atoms with Crippen molar-refractivity contribution in [3.05, 3.63) is 29.6 Å². The Bertz CT molecular complexity index is 471. The Morgan fingerprint density at radius 3 is 2.67 bits per heavy atom. The van der Waals surface area contributed by atoms with Crippen LogP contribution < -0.4 is 10.5 Å². The molecule has 0 spiro atoms. The molecule has 18 heavy (non-hydrogen) atoms. The van der Waals surface area contributed by atoms with Gasteiger partial charge in [-0.3, -0.25) is 4.72 Å². The summed E-state index contributed by atoms with van der Waals surface area (Å²) in [6, 6.07) is 4.01. The van der Waals surface area contributed by atoms with E-state index in [0.29, 0.717) is 18.7 Å². The van der Waals surface area contributed by atoms with E-state index in [4.69, 9.17) is 10.5 Å². The fraction of sp³-hybridized carbons (Fsp3) is 0.455. The minimum Gasteiger partial charge on any atom is -0.379 e. The van der Waals surface area contributed by atoms with Gasteiger partial charge < -0.3 is 10.5 Å². The van der Waals surface area contributed by atoms with Crippen LogP contribution in [0.15, 0.2) is 18.2 Å². The van der Waals surface area contributed by atoms with Crippen molar-refractivity contribution in [2.75, 3.05) is 30.2 Å². The van der Waals surface area contributed by atoms with E-state index >= 15 is 0 Å². The maximum Gasteiger partial charge on any atom is 0.235 e. The number of anilines is 1. The average molecular weight is 276 g/mol. The second kappa shape index (κ2) is 6.67. The molecule has 1 aromatic rings. The molecule has 102 valence electrons. The number of hydrogen-bond acceptors (Lipinski definition) is 4. The molecule has 0 saturated carbocycles. The standard InChI is InChI=1S/C11H17FN2O3S/c1-9-6-10(12)8-11(7-9)14-18(15,16)5-4-17-3-2-13/h6-8,14H,2-5,13H2,1H3. The lowest BCUT2D eigenvalue weighted by Gasteiger charge is -2.09. The van der Waals surface area contributed by atoms with Gasteiger partial charge in [-0.1, -0.05) is 0 Å². The smallest absolute Gasteiger partial charge is 0.235 e. The lowest BCUT2D eigenvalue weighted by Crippen LogP contribution is -2.21. The second-order valence-electron chi connectivity index (χ2n) is 3.84. The lowest BCUT2D eigenvalue weighted by atomic mass is 10.2. The van der Waals surface area contributed by atoms with Crippen LogP contribution in [0.1, 0.15) is 5.56 Å². The molecule has 0 atom stereocenters. The van der Waals surface area contributed by atoms with Crippen LogP contribution in [-0.2, 0) is 14.8 Å². The predicted molar refractivity (Wildman–Crippen MR) is 68.4 cm³/mol. The van der Waals surface area contributed by atoms with Crippen LogP contribution in [0, 0.1) is 12.7 Å². The first kappa shape index (κ1) is 14.9. The van der Waals surface area contributed by atoms with Gasteiger partial charge in [0.05, 0.1) is 24.7 Å². The van der Waals surface area contributed by atoms with Crippen molar-refractivity contribution in [1.82, 2.24) is 0 Å². The number of halogens is 1. The molecule has 0 heterocycles. The van der Waals surface area contributed by atoms with Crippen LogP contribution in [-0.4, -0.2) is 33.9 Å². The molecule has 0 unspecified atom stereocenters. The largest absolute Gasteiger partial charge is 0.379 e. The molecule has 0 amide bonds. The highest BCUT2D eigenvalue weighted by Gasteiger charge is 2.11. The summed E-state index contributed by atoms with van der Waals surface area (Å²) in [6.07, 6.45) is 0. The number of benzene rings is 1. The van der Waals surface area contributed by atoms with E-state index in [1.807, 2.05) is 0 Å². The van der Waals surface area contributed by atoms with Crippen LogP contribution in [0.5, 0.6) is 0 Å². The quantitative estimate of drug-likeness (QED) is 0.723. The van der Waals surface area contributed by atoms with Crippen LogP contribution in [0.4, 0.5) is 10.1 Å². The molecule has 1 aromatic carbocycles. The number of nitrogens with one attached hydrogen (secondary N) is 1. The molecule has 0 aliphatic carbocycles. The first-order valence-corrected chi connectivity index (χ1v) is 7.14. The maximum absolute atomic E-state index is 13.1. The van der Waals surface area contributed by atoms with Gasteiger partial charge in [-0.25, -0.2) is 12.8 Å². The third-order valence-corrected chi connectivity index (χ3v) is 3.32. The number of sulfonamides is 1. The van der Waals surface area contributed by atoms with E-state index in [1.165, 1.54) is 6.07 Å². The molecule has 0 saturated heterocycles. The van der Waals surface area contributed by atoms with E-state index in [2.05, 4.69) is 4.72 Å². The monoisotopic (exact) mass is 276 g/mol. The van der Waals surface area contributed by atoms with Crippen LogP contribution in [0.2, 0.25) is 0 Å². The van der Waals surface area contributed by atoms with Gasteiger partial charge in [-0.05, 0) is 30.7 Å². The van der Waals surface area contributed by atoms with Gasteiger partial charge in [0.15, 0.2) is 0 Å². The van der Waals surface area contributed by atoms with Gasteiger partial charge in [-0.15, -0.1) is 0 Å². The third kappa shape index (κ3) is 5.44. The number of nitrogens with two attached hydrogens (primary N) is 1. The molecule has 0 aliphatic heterocycles. The van der Waals surface area contributed by atoms with Gasteiger partial charge >= 0.3 is 0 Å². The van der Waals surface area contributed by atoms with Gasteiger partial charge in [0.1, 0.15) is 5.82 Å². The van der Waals surface area contributed by atoms with Crippen LogP contribution in [0.3, 0.4) is 0 Å². The minimum absolute atomic E-state index is 0.0564. The fourth-order valence-corrected chi connectivity index (χ4v) is 2.30. The summed E-state index contributed by atoms with van der Waals surface area (Å²) < 4.78 is 43.6. The maximum atomic E-state index is 13.1. The Hall–Kier alpha value is -1.18. The summed E-state index contributed by atoms with van der Waals surface area (Å²) in [5.74, 6) is -0.671. The highest BCUT2D eigenvalue weighted by atomic mass is 32.2. The summed E-state index contributed by atoms with van der Waals surface area (Å²) in [5, 5.41) is 0. The highest BCUT2D eigenvalue weighted by molar-refractivity contribution is 7.92. The zero-order valence-corrected chi connectivity index (χ0v) is 11.0. The van der Waals surface area contributed by atoms with Crippen molar-refractivity contribution in [2.24, 2.45) is 5.73 Å². The molecular weight excluding hydrogens is 259 g/mol. The molecular formula is C11H17FN2O3S. The first-order valence-electron chi connectivity index (χ1n) is 5.48. The van der Waals surface area contributed by atoms with Gasteiger partial charge in [0.2, 0.25) is 10.0 Å². The first-order chi connectivity index (χ1) is 8.43. The average Bonchev–Trinajstić information content (AvgIpc) is 2.22. The zero-order valence-electron chi connectivity index (χ0n) is 10.1. The van der Waals surface area contributed by atoms with E-state index in [-0.39, 0.29) is 18.0 Å². The fourth-order valence-electron chi connectivity index (χ4n) is 1.38. The van der Waals surface area contributed by atoms with Crippen molar-refractivity contribution >= 4 is 15.7 Å². The van der Waals surface area contributed by atoms with Crippen molar-refractivity contribution in [3.8, 4) is 0 Å². The number of rotatable bonds is 7. The Balaban J connectivity index is 2.59. The van der Waals surface area contributed by atoms with Crippen molar-refractivity contribution in [2.45, 2.75) is 6.92 Å². The van der Waals surface area contributed by atoms with E-state index < -0.39 is 15.8 Å². The van der Waals surface area contributed by atoms with Crippen LogP contribution in [0.25, 0.3) is 0 Å². The third-order valence-electron chi connectivity index (χ3n) is 2.07. The minimum atomic E-state index is -3.53. The van der Waals surface area contributed by atoms with Gasteiger partial charge in [0, 0.05) is 6.54 Å². The Morgan fingerprint density at radius 1 is 1.33 bits per heavy atom. The summed E-state index contributed by atoms with van der Waals surface area (Å²) >= 11 is 0. The van der Waals surface area contributed by atoms with Crippen molar-refractivity contribution in [3.63, 3.8) is 0 Å². The molecule has 3 N–H and O–H groups in total. The second-order valence-corrected chi connectivity index (χ2v) is 5.68. The zero-order chi connectivity index (χ0) is 13.6. The number of aryl methyl sites for hydroxylation is 1. The summed E-state index contributed by atoms with van der Waals surface area (Å²) in [5.41, 5.74) is 6.06. The summed E-state index contributed by atoms with van der Waals surface area (Å²) in [6.45, 7) is 2.40. The van der Waals surface area contributed by atoms with Crippen LogP contribution >= 0.6 is 0 Å². The molecule has 0 fully saturated rings. The van der Waals surface area contributed by atoms with Gasteiger partial charge in [-0.2, -0.15) is 0 Å². The van der Waals surface area contributed by atoms with Crippen molar-refractivity contribution in [1.29, 1.82) is 0 Å². The highest BCUT2D eigenvalue weighted by Crippen LogP contribution is 2.14. The van der Waals surface area contributed by atoms with E-state index in [9.17, 15) is 12.8 Å². The molecule has 0 aromatic heterocycles. The molecule has 7 heteroatoms. The number of hydrogen-bond donors (Lipinski definition) is 2. The predicted octanol–water partition coefficient (Wildman–Crippen LogP) is 0.851. The van der Waals surface area contributed by atoms with Gasteiger partial charge in [0.25, 0.3) is 0 Å². The molecule has 5 nitrogen and oxygen atoms in total. The molecule has 0 aliphatic rings. The summed E-state index contributed by atoms with van der Waals surface area (Å²) in [7, 11) is -3.53. The summed E-state index contributed by atoms with van der Waals surface area (Å²) in [4.78, 5) is 0. The van der Waals surface area contributed by atoms with E-state index in [0.717, 1.165) is 6.07 Å². The SMILES string of the molecule is Cc1cc(F)cc(NS(=O)(=O)CCOCCN)c1. The Kier molecular flexibility index (Phi) is 5.52.